The number of amides is 3. The van der Waals surface area contributed by atoms with E-state index in [1.165, 1.54) is 31.5 Å². The normalized spacial score (nSPS) is 10.3. The van der Waals surface area contributed by atoms with Crippen LogP contribution in [0.1, 0.15) is 11.1 Å². The summed E-state index contributed by atoms with van der Waals surface area (Å²) in [6.45, 7) is 5.41. The van der Waals surface area contributed by atoms with Crippen molar-refractivity contribution in [2.45, 2.75) is 13.5 Å². The van der Waals surface area contributed by atoms with Crippen molar-refractivity contribution in [1.82, 2.24) is 15.0 Å². The molecule has 2 aromatic heterocycles. The van der Waals surface area contributed by atoms with Gasteiger partial charge in [-0.3, -0.25) is 14.7 Å². The number of urea groups is 1. The van der Waals surface area contributed by atoms with E-state index in [0.29, 0.717) is 45.8 Å². The summed E-state index contributed by atoms with van der Waals surface area (Å²) in [5, 5.41) is 9.04. The minimum Gasteiger partial charge on any atom is -0.496 e. The average molecular weight is 574 g/mol. The molecule has 0 spiro atoms. The smallest absolute Gasteiger partial charge is 0.327 e. The van der Waals surface area contributed by atoms with Crippen LogP contribution in [-0.2, 0) is 11.3 Å². The predicted molar refractivity (Wildman–Crippen MR) is 159 cm³/mol. The summed E-state index contributed by atoms with van der Waals surface area (Å²) in [7, 11) is 3.00. The van der Waals surface area contributed by atoms with Gasteiger partial charge in [0, 0.05) is 30.1 Å². The fraction of sp³-hybridized carbons (Fsp3) is 0.138. The standard InChI is InChI=1S/C29H28ClN7O4/c1-5-26(38)35-21-11-7-6-10-20(21)34-24-14-25(33-17-32-24)37(16-19-9-8-12-31-15-19)29(39)36-28-18(2)22(40-3)13-23(41-4)27(28)30/h5-15,17H,1,16H2,2-4H3,(H,35,38)(H,36,39)(H,32,33,34). The third-order valence-corrected chi connectivity index (χ3v) is 6.36. The SMILES string of the molecule is C=CC(=O)Nc1ccccc1Nc1cc(N(Cc2cccnc2)C(=O)Nc2c(C)c(OC)cc(OC)c2Cl)ncn1. The lowest BCUT2D eigenvalue weighted by Gasteiger charge is -2.24. The van der Waals surface area contributed by atoms with Gasteiger partial charge in [0.15, 0.2) is 0 Å². The Labute approximate surface area is 242 Å². The molecule has 3 amide bonds. The number of nitrogens with one attached hydrogen (secondary N) is 3. The molecule has 0 atom stereocenters. The summed E-state index contributed by atoms with van der Waals surface area (Å²) in [6, 6.07) is 13.5. The zero-order valence-corrected chi connectivity index (χ0v) is 23.4. The van der Waals surface area contributed by atoms with Crippen LogP contribution >= 0.6 is 11.6 Å². The summed E-state index contributed by atoms with van der Waals surface area (Å²) in [5.74, 6) is 1.16. The number of pyridine rings is 1. The number of methoxy groups -OCH3 is 2. The quantitative estimate of drug-likeness (QED) is 0.198. The van der Waals surface area contributed by atoms with Crippen molar-refractivity contribution in [3.05, 3.63) is 96.1 Å². The van der Waals surface area contributed by atoms with Crippen molar-refractivity contribution < 1.29 is 19.1 Å². The fourth-order valence-corrected chi connectivity index (χ4v) is 4.22. The molecule has 0 fully saturated rings. The topological polar surface area (TPSA) is 131 Å². The molecule has 0 aliphatic rings. The molecule has 11 nitrogen and oxygen atoms in total. The van der Waals surface area contributed by atoms with E-state index >= 15 is 0 Å². The van der Waals surface area contributed by atoms with Gasteiger partial charge in [-0.05, 0) is 36.8 Å². The second-order valence-electron chi connectivity index (χ2n) is 8.60. The van der Waals surface area contributed by atoms with E-state index in [0.717, 1.165) is 5.56 Å². The van der Waals surface area contributed by atoms with Crippen LogP contribution in [0.2, 0.25) is 5.02 Å². The Kier molecular flexibility index (Phi) is 9.33. The molecular formula is C29H28ClN7O4. The van der Waals surface area contributed by atoms with E-state index in [1.807, 2.05) is 12.1 Å². The number of nitrogens with zero attached hydrogens (tertiary/aromatic N) is 4. The third kappa shape index (κ3) is 6.89. The molecule has 0 aliphatic carbocycles. The molecule has 0 aliphatic heterocycles. The van der Waals surface area contributed by atoms with Crippen molar-refractivity contribution in [2.75, 3.05) is 35.1 Å². The maximum Gasteiger partial charge on any atom is 0.327 e. The number of hydrogen-bond donors (Lipinski definition) is 3. The molecule has 41 heavy (non-hydrogen) atoms. The number of ether oxygens (including phenoxy) is 2. The lowest BCUT2D eigenvalue weighted by Crippen LogP contribution is -2.35. The number of carbonyl (C=O) groups excluding carboxylic acids is 2. The van der Waals surface area contributed by atoms with E-state index in [4.69, 9.17) is 21.1 Å². The molecule has 3 N–H and O–H groups in total. The van der Waals surface area contributed by atoms with Crippen molar-refractivity contribution in [3.63, 3.8) is 0 Å². The van der Waals surface area contributed by atoms with Gasteiger partial charge in [-0.25, -0.2) is 14.8 Å². The van der Waals surface area contributed by atoms with Crippen molar-refractivity contribution in [1.29, 1.82) is 0 Å². The minimum atomic E-state index is -0.516. The van der Waals surface area contributed by atoms with Gasteiger partial charge in [0.05, 0.1) is 37.8 Å². The summed E-state index contributed by atoms with van der Waals surface area (Å²) in [6.07, 6.45) is 5.82. The van der Waals surface area contributed by atoms with Gasteiger partial charge in [0.2, 0.25) is 5.91 Å². The van der Waals surface area contributed by atoms with Crippen LogP contribution in [0.25, 0.3) is 0 Å². The highest BCUT2D eigenvalue weighted by Crippen LogP contribution is 2.41. The van der Waals surface area contributed by atoms with Crippen molar-refractivity contribution >= 4 is 52.2 Å². The number of aromatic nitrogens is 3. The lowest BCUT2D eigenvalue weighted by atomic mass is 10.1. The number of halogens is 1. The van der Waals surface area contributed by atoms with Crippen molar-refractivity contribution in [2.24, 2.45) is 0 Å². The molecule has 0 bridgehead atoms. The van der Waals surface area contributed by atoms with Crippen LogP contribution in [0.4, 0.5) is 33.5 Å². The summed E-state index contributed by atoms with van der Waals surface area (Å²) < 4.78 is 10.8. The molecule has 12 heteroatoms. The monoisotopic (exact) mass is 573 g/mol. The number of rotatable bonds is 10. The van der Waals surface area contributed by atoms with Gasteiger partial charge in [-0.1, -0.05) is 36.4 Å². The Morgan fingerprint density at radius 2 is 1.78 bits per heavy atom. The van der Waals surface area contributed by atoms with Crippen LogP contribution in [0.15, 0.2) is 79.9 Å². The van der Waals surface area contributed by atoms with Gasteiger partial charge < -0.3 is 25.4 Å². The van der Waals surface area contributed by atoms with Gasteiger partial charge in [-0.2, -0.15) is 0 Å². The maximum absolute atomic E-state index is 13.8. The molecule has 210 valence electrons. The highest BCUT2D eigenvalue weighted by atomic mass is 35.5. The Hall–Kier alpha value is -5.16. The zero-order chi connectivity index (χ0) is 29.4. The van der Waals surface area contributed by atoms with Gasteiger partial charge in [0.25, 0.3) is 0 Å². The lowest BCUT2D eigenvalue weighted by molar-refractivity contribution is -0.111. The first kappa shape index (κ1) is 28.8. The second kappa shape index (κ2) is 13.3. The summed E-state index contributed by atoms with van der Waals surface area (Å²) in [5.41, 5.74) is 2.83. The number of hydrogen-bond acceptors (Lipinski definition) is 8. The van der Waals surface area contributed by atoms with Crippen LogP contribution in [0.3, 0.4) is 0 Å². The first-order chi connectivity index (χ1) is 19.8. The molecule has 0 unspecified atom stereocenters. The summed E-state index contributed by atoms with van der Waals surface area (Å²) in [4.78, 5) is 40.0. The molecule has 2 heterocycles. The van der Waals surface area contributed by atoms with Crippen LogP contribution in [-0.4, -0.2) is 41.1 Å². The third-order valence-electron chi connectivity index (χ3n) is 5.99. The number of carbonyl (C=O) groups is 2. The molecule has 0 saturated carbocycles. The number of para-hydroxylation sites is 2. The maximum atomic E-state index is 13.8. The highest BCUT2D eigenvalue weighted by molar-refractivity contribution is 6.35. The van der Waals surface area contributed by atoms with E-state index in [2.05, 4.69) is 37.5 Å². The summed E-state index contributed by atoms with van der Waals surface area (Å²) >= 11 is 6.58. The van der Waals surface area contributed by atoms with Crippen LogP contribution in [0.5, 0.6) is 11.5 Å². The first-order valence-electron chi connectivity index (χ1n) is 12.3. The Morgan fingerprint density at radius 3 is 2.46 bits per heavy atom. The number of benzene rings is 2. The Morgan fingerprint density at radius 1 is 1.02 bits per heavy atom. The highest BCUT2D eigenvalue weighted by Gasteiger charge is 2.23. The minimum absolute atomic E-state index is 0.139. The number of anilines is 5. The molecule has 0 radical (unpaired) electrons. The van der Waals surface area contributed by atoms with E-state index in [-0.39, 0.29) is 17.5 Å². The molecule has 4 rings (SSSR count). The first-order valence-corrected chi connectivity index (χ1v) is 12.7. The van der Waals surface area contributed by atoms with Crippen molar-refractivity contribution in [3.8, 4) is 11.5 Å². The fourth-order valence-electron chi connectivity index (χ4n) is 3.90. The van der Waals surface area contributed by atoms with Crippen LogP contribution < -0.4 is 30.3 Å². The van der Waals surface area contributed by atoms with Gasteiger partial charge in [-0.15, -0.1) is 0 Å². The van der Waals surface area contributed by atoms with Gasteiger partial charge >= 0.3 is 6.03 Å². The zero-order valence-electron chi connectivity index (χ0n) is 22.6. The van der Waals surface area contributed by atoms with E-state index in [1.54, 1.807) is 55.7 Å². The average Bonchev–Trinajstić information content (AvgIpc) is 2.99. The predicted octanol–water partition coefficient (Wildman–Crippen LogP) is 5.96. The van der Waals surface area contributed by atoms with E-state index in [9.17, 15) is 9.59 Å². The molecule has 2 aromatic carbocycles. The van der Waals surface area contributed by atoms with Gasteiger partial charge in [0.1, 0.15) is 34.5 Å². The van der Waals surface area contributed by atoms with Crippen LogP contribution in [0, 0.1) is 6.92 Å². The molecule has 0 saturated heterocycles. The largest absolute Gasteiger partial charge is 0.496 e. The molecule has 4 aromatic rings. The Balaban J connectivity index is 1.69. The Bertz CT molecular complexity index is 1540. The second-order valence-corrected chi connectivity index (χ2v) is 8.98. The van der Waals surface area contributed by atoms with E-state index < -0.39 is 6.03 Å². The molecular weight excluding hydrogens is 546 g/mol.